The van der Waals surface area contributed by atoms with Crippen molar-refractivity contribution in [3.63, 3.8) is 0 Å². The zero-order chi connectivity index (χ0) is 22.0. The van der Waals surface area contributed by atoms with Crippen molar-refractivity contribution in [2.75, 3.05) is 11.3 Å². The molecule has 0 radical (unpaired) electrons. The van der Waals surface area contributed by atoms with Crippen LogP contribution in [0.15, 0.2) is 29.3 Å². The molecule has 14 heteroatoms. The van der Waals surface area contributed by atoms with Crippen molar-refractivity contribution in [1.29, 1.82) is 0 Å². The molecule has 1 N–H and O–H groups in total. The number of esters is 1. The number of carbonyl (C=O) groups excluding carboxylic acids is 1. The Labute approximate surface area is 164 Å². The predicted octanol–water partition coefficient (Wildman–Crippen LogP) is 4.09. The Balaban J connectivity index is 2.36. The minimum absolute atomic E-state index is 0.116. The van der Waals surface area contributed by atoms with Gasteiger partial charge in [0.2, 0.25) is 0 Å². The monoisotopic (exact) mass is 462 g/mol. The van der Waals surface area contributed by atoms with E-state index in [0.29, 0.717) is 11.3 Å². The van der Waals surface area contributed by atoms with Gasteiger partial charge in [0.1, 0.15) is 0 Å². The molecule has 0 aliphatic rings. The maximum atomic E-state index is 13.2. The summed E-state index contributed by atoms with van der Waals surface area (Å²) in [6.45, 7) is 1.69. The molecule has 0 atom stereocenters. The number of anilines is 1. The lowest BCUT2D eigenvalue weighted by atomic mass is 10.1. The van der Waals surface area contributed by atoms with Crippen molar-refractivity contribution in [2.24, 2.45) is 0 Å². The van der Waals surface area contributed by atoms with Crippen LogP contribution in [0.2, 0.25) is 0 Å². The molecule has 0 unspecified atom stereocenters. The second-order valence-electron chi connectivity index (χ2n) is 5.43. The Morgan fingerprint density at radius 2 is 1.83 bits per heavy atom. The van der Waals surface area contributed by atoms with Gasteiger partial charge >= 0.3 is 18.3 Å². The van der Waals surface area contributed by atoms with Gasteiger partial charge in [-0.2, -0.15) is 26.3 Å². The number of nitrogens with one attached hydrogen (secondary N) is 1. The number of benzene rings is 1. The lowest BCUT2D eigenvalue weighted by molar-refractivity contribution is -0.145. The maximum absolute atomic E-state index is 13.2. The number of halogens is 6. The number of nitrogens with zero attached hydrogens (tertiary/aromatic N) is 1. The second-order valence-corrected chi connectivity index (χ2v) is 8.19. The van der Waals surface area contributed by atoms with Gasteiger partial charge in [0.05, 0.1) is 29.1 Å². The number of ether oxygens (including phenoxy) is 1. The molecule has 1 heterocycles. The van der Waals surface area contributed by atoms with E-state index in [1.54, 1.807) is 11.6 Å². The highest BCUT2D eigenvalue weighted by Crippen LogP contribution is 2.39. The van der Waals surface area contributed by atoms with Gasteiger partial charge in [-0.25, -0.2) is 13.4 Å². The first kappa shape index (κ1) is 22.9. The number of hydrogen-bond donors (Lipinski definition) is 1. The molecule has 0 saturated heterocycles. The average molecular weight is 462 g/mol. The quantitative estimate of drug-likeness (QED) is 0.517. The molecule has 0 aliphatic heterocycles. The van der Waals surface area contributed by atoms with Gasteiger partial charge < -0.3 is 4.74 Å². The third-order valence-corrected chi connectivity index (χ3v) is 5.74. The van der Waals surface area contributed by atoms with Gasteiger partial charge in [-0.1, -0.05) is 0 Å². The summed E-state index contributed by atoms with van der Waals surface area (Å²) in [6, 6.07) is 0.182. The molecule has 0 saturated carbocycles. The molecule has 6 nitrogen and oxygen atoms in total. The SMILES string of the molecule is CCOC(=O)Cc1cnc(NS(=O)(=O)c2ccc(C(F)(F)F)cc2C(F)(F)F)s1. The Hall–Kier alpha value is -2.35. The van der Waals surface area contributed by atoms with Crippen LogP contribution in [0, 0.1) is 0 Å². The molecule has 0 amide bonds. The summed E-state index contributed by atoms with van der Waals surface area (Å²) in [7, 11) is -4.92. The minimum atomic E-state index is -5.36. The molecule has 0 fully saturated rings. The van der Waals surface area contributed by atoms with E-state index in [2.05, 4.69) is 4.98 Å². The van der Waals surface area contributed by atoms with Gasteiger partial charge in [-0.3, -0.25) is 9.52 Å². The molecular weight excluding hydrogens is 450 g/mol. The summed E-state index contributed by atoms with van der Waals surface area (Å²) in [5, 5.41) is -0.364. The zero-order valence-corrected chi connectivity index (χ0v) is 16.0. The van der Waals surface area contributed by atoms with E-state index >= 15 is 0 Å². The van der Waals surface area contributed by atoms with Crippen molar-refractivity contribution < 1.29 is 44.3 Å². The van der Waals surface area contributed by atoms with Crippen LogP contribution in [0.25, 0.3) is 0 Å². The summed E-state index contributed by atoms with van der Waals surface area (Å²) in [5.74, 6) is -0.618. The molecule has 2 rings (SSSR count). The van der Waals surface area contributed by atoms with Crippen LogP contribution in [0.3, 0.4) is 0 Å². The molecule has 1 aromatic heterocycles. The van der Waals surface area contributed by atoms with Crippen LogP contribution >= 0.6 is 11.3 Å². The largest absolute Gasteiger partial charge is 0.466 e. The average Bonchev–Trinajstić information content (AvgIpc) is 2.99. The summed E-state index contributed by atoms with van der Waals surface area (Å²) >= 11 is 0.666. The number of carbonyl (C=O) groups is 1. The molecule has 0 spiro atoms. The maximum Gasteiger partial charge on any atom is 0.417 e. The predicted molar refractivity (Wildman–Crippen MR) is 89.7 cm³/mol. The fraction of sp³-hybridized carbons (Fsp3) is 0.333. The molecule has 2 aromatic rings. The number of thiazole rings is 1. The first-order valence-electron chi connectivity index (χ1n) is 7.65. The molecule has 0 aliphatic carbocycles. The zero-order valence-electron chi connectivity index (χ0n) is 14.4. The topological polar surface area (TPSA) is 85.4 Å². The molecule has 160 valence electrons. The lowest BCUT2D eigenvalue weighted by Gasteiger charge is -2.16. The Kier molecular flexibility index (Phi) is 6.47. The van der Waals surface area contributed by atoms with E-state index in [9.17, 15) is 39.6 Å². The molecule has 0 bridgehead atoms. The Morgan fingerprint density at radius 3 is 2.38 bits per heavy atom. The van der Waals surface area contributed by atoms with Crippen LogP contribution in [0.4, 0.5) is 31.5 Å². The van der Waals surface area contributed by atoms with Crippen LogP contribution in [0.5, 0.6) is 0 Å². The third kappa shape index (κ3) is 5.82. The lowest BCUT2D eigenvalue weighted by Crippen LogP contribution is -2.20. The van der Waals surface area contributed by atoms with Crippen LogP contribution in [-0.4, -0.2) is 26.0 Å². The second kappa shape index (κ2) is 8.18. The standard InChI is InChI=1S/C15H12F6N2O4S2/c1-2-27-12(24)6-9-7-22-13(28-9)23-29(25,26)11-4-3-8(14(16,17)18)5-10(11)15(19,20)21/h3-5,7H,2,6H2,1H3,(H,22,23). The van der Waals surface area contributed by atoms with Crippen LogP contribution < -0.4 is 4.72 Å². The minimum Gasteiger partial charge on any atom is -0.466 e. The highest BCUT2D eigenvalue weighted by atomic mass is 32.2. The number of sulfonamides is 1. The number of rotatable bonds is 6. The molecule has 1 aromatic carbocycles. The highest BCUT2D eigenvalue weighted by molar-refractivity contribution is 7.93. The number of alkyl halides is 6. The van der Waals surface area contributed by atoms with Gasteiger partial charge in [-0.15, -0.1) is 11.3 Å². The van der Waals surface area contributed by atoms with E-state index in [1.807, 2.05) is 0 Å². The number of hydrogen-bond acceptors (Lipinski definition) is 6. The van der Waals surface area contributed by atoms with Crippen LogP contribution in [0.1, 0.15) is 22.9 Å². The Morgan fingerprint density at radius 1 is 1.17 bits per heavy atom. The van der Waals surface area contributed by atoms with Crippen molar-refractivity contribution in [1.82, 2.24) is 4.98 Å². The fourth-order valence-corrected chi connectivity index (χ4v) is 4.37. The van der Waals surface area contributed by atoms with Crippen molar-refractivity contribution in [3.05, 3.63) is 40.4 Å². The molecular formula is C15H12F6N2O4S2. The van der Waals surface area contributed by atoms with Crippen LogP contribution in [-0.2, 0) is 38.3 Å². The summed E-state index contributed by atoms with van der Waals surface area (Å²) in [6.07, 6.45) is -9.56. The molecule has 29 heavy (non-hydrogen) atoms. The summed E-state index contributed by atoms with van der Waals surface area (Å²) in [4.78, 5) is 13.9. The van der Waals surface area contributed by atoms with Gasteiger partial charge in [0.15, 0.2) is 5.13 Å². The van der Waals surface area contributed by atoms with Crippen molar-refractivity contribution in [2.45, 2.75) is 30.6 Å². The number of aromatic nitrogens is 1. The summed E-state index contributed by atoms with van der Waals surface area (Å²) in [5.41, 5.74) is -3.61. The van der Waals surface area contributed by atoms with Gasteiger partial charge in [0.25, 0.3) is 10.0 Å². The van der Waals surface area contributed by atoms with Crippen molar-refractivity contribution in [3.8, 4) is 0 Å². The Bertz CT molecular complexity index is 999. The summed E-state index contributed by atoms with van der Waals surface area (Å²) < 4.78 is 109. The van der Waals surface area contributed by atoms with E-state index in [4.69, 9.17) is 4.74 Å². The normalized spacial score (nSPS) is 12.7. The first-order chi connectivity index (χ1) is 13.2. The van der Waals surface area contributed by atoms with Gasteiger partial charge in [-0.05, 0) is 25.1 Å². The van der Waals surface area contributed by atoms with E-state index < -0.39 is 44.4 Å². The van der Waals surface area contributed by atoms with E-state index in [0.717, 1.165) is 6.20 Å². The first-order valence-corrected chi connectivity index (χ1v) is 9.95. The van der Waals surface area contributed by atoms with E-state index in [1.165, 1.54) is 0 Å². The highest BCUT2D eigenvalue weighted by Gasteiger charge is 2.41. The third-order valence-electron chi connectivity index (χ3n) is 3.30. The van der Waals surface area contributed by atoms with Gasteiger partial charge in [0, 0.05) is 11.1 Å². The smallest absolute Gasteiger partial charge is 0.417 e. The van der Waals surface area contributed by atoms with E-state index in [-0.39, 0.29) is 41.2 Å². The van der Waals surface area contributed by atoms with Crippen molar-refractivity contribution >= 4 is 32.5 Å². The fourth-order valence-electron chi connectivity index (χ4n) is 2.12.